The summed E-state index contributed by atoms with van der Waals surface area (Å²) in [6.45, 7) is 5.01. The van der Waals surface area contributed by atoms with Crippen LogP contribution in [0.5, 0.6) is 5.75 Å². The number of hydrogen-bond donors (Lipinski definition) is 1. The number of benzene rings is 1. The third kappa shape index (κ3) is 3.24. The minimum atomic E-state index is -0.0465. The second-order valence-corrected chi connectivity index (χ2v) is 4.67. The molecule has 1 atom stereocenters. The summed E-state index contributed by atoms with van der Waals surface area (Å²) in [5.41, 5.74) is 6.78. The van der Waals surface area contributed by atoms with E-state index >= 15 is 0 Å². The fraction of sp³-hybridized carbons (Fsp3) is 0.385. The summed E-state index contributed by atoms with van der Waals surface area (Å²) < 4.78 is 7.44. The quantitative estimate of drug-likeness (QED) is 0.914. The number of nitrogens with zero attached hydrogens (tertiary/aromatic N) is 3. The van der Waals surface area contributed by atoms with E-state index in [1.165, 1.54) is 6.33 Å². The molecular weight excluding hydrogens is 264 g/mol. The molecule has 0 unspecified atom stereocenters. The number of aromatic nitrogens is 3. The molecule has 0 aliphatic carbocycles. The predicted molar refractivity (Wildman–Crippen MR) is 74.1 cm³/mol. The topological polar surface area (TPSA) is 66.0 Å². The molecule has 1 aromatic carbocycles. The normalized spacial score (nSPS) is 12.4. The molecule has 5 nitrogen and oxygen atoms in total. The molecule has 0 aliphatic heterocycles. The van der Waals surface area contributed by atoms with Gasteiger partial charge in [0.2, 0.25) is 0 Å². The summed E-state index contributed by atoms with van der Waals surface area (Å²) in [5.74, 6) is 1.39. The maximum absolute atomic E-state index is 6.16. The Morgan fingerprint density at radius 2 is 2.26 bits per heavy atom. The van der Waals surface area contributed by atoms with Gasteiger partial charge in [-0.3, -0.25) is 0 Å². The lowest BCUT2D eigenvalue weighted by molar-refractivity contribution is 0.287. The number of halogens is 1. The number of aryl methyl sites for hydroxylation is 1. The number of hydrogen-bond acceptors (Lipinski definition) is 4. The van der Waals surface area contributed by atoms with Crippen molar-refractivity contribution in [3.8, 4) is 5.75 Å². The highest BCUT2D eigenvalue weighted by atomic mass is 35.5. The van der Waals surface area contributed by atoms with E-state index in [0.29, 0.717) is 17.4 Å². The maximum Gasteiger partial charge on any atom is 0.164 e. The number of ether oxygens (including phenoxy) is 1. The highest BCUT2D eigenvalue weighted by molar-refractivity contribution is 6.32. The van der Waals surface area contributed by atoms with E-state index in [1.807, 2.05) is 32.0 Å². The fourth-order valence-corrected chi connectivity index (χ4v) is 1.97. The summed E-state index contributed by atoms with van der Waals surface area (Å²) in [4.78, 5) is 4.14. The van der Waals surface area contributed by atoms with Gasteiger partial charge >= 0.3 is 0 Å². The number of nitrogens with two attached hydrogens (primary N) is 1. The van der Waals surface area contributed by atoms with Gasteiger partial charge in [-0.15, -0.1) is 0 Å². The molecule has 0 spiro atoms. The smallest absolute Gasteiger partial charge is 0.164 e. The largest absolute Gasteiger partial charge is 0.484 e. The standard InChI is InChI=1S/C13H17ClN4O/c1-3-18-13(16-8-17-18)7-19-12-5-4-10(9(2)15)6-11(12)14/h4-6,8-9H,3,7,15H2,1-2H3/t9-/m1/s1. The van der Waals surface area contributed by atoms with E-state index in [0.717, 1.165) is 17.9 Å². The van der Waals surface area contributed by atoms with Crippen molar-refractivity contribution in [2.45, 2.75) is 33.0 Å². The molecule has 0 saturated heterocycles. The van der Waals surface area contributed by atoms with Crippen molar-refractivity contribution < 1.29 is 4.74 Å². The summed E-state index contributed by atoms with van der Waals surface area (Å²) >= 11 is 6.16. The van der Waals surface area contributed by atoms with Crippen molar-refractivity contribution in [1.82, 2.24) is 14.8 Å². The highest BCUT2D eigenvalue weighted by Gasteiger charge is 2.08. The summed E-state index contributed by atoms with van der Waals surface area (Å²) in [7, 11) is 0. The molecule has 102 valence electrons. The van der Waals surface area contributed by atoms with Gasteiger partial charge in [-0.2, -0.15) is 5.10 Å². The van der Waals surface area contributed by atoms with E-state index in [1.54, 1.807) is 4.68 Å². The molecule has 0 amide bonds. The predicted octanol–water partition coefficient (Wildman–Crippen LogP) is 2.55. The van der Waals surface area contributed by atoms with E-state index in [9.17, 15) is 0 Å². The Balaban J connectivity index is 2.08. The van der Waals surface area contributed by atoms with Gasteiger partial charge < -0.3 is 10.5 Å². The van der Waals surface area contributed by atoms with Crippen LogP contribution in [-0.2, 0) is 13.2 Å². The van der Waals surface area contributed by atoms with Crippen LogP contribution in [0.25, 0.3) is 0 Å². The molecule has 0 radical (unpaired) electrons. The molecule has 0 aliphatic rings. The van der Waals surface area contributed by atoms with Crippen LogP contribution in [0.3, 0.4) is 0 Å². The lowest BCUT2D eigenvalue weighted by Gasteiger charge is -2.11. The summed E-state index contributed by atoms with van der Waals surface area (Å²) in [6, 6.07) is 5.52. The van der Waals surface area contributed by atoms with Gasteiger partial charge in [0.15, 0.2) is 5.82 Å². The average Bonchev–Trinajstić information content (AvgIpc) is 2.84. The third-order valence-electron chi connectivity index (χ3n) is 2.83. The van der Waals surface area contributed by atoms with Gasteiger partial charge in [-0.1, -0.05) is 17.7 Å². The van der Waals surface area contributed by atoms with Gasteiger partial charge in [-0.05, 0) is 31.5 Å². The Morgan fingerprint density at radius 1 is 1.47 bits per heavy atom. The molecule has 6 heteroatoms. The molecule has 2 N–H and O–H groups in total. The van der Waals surface area contributed by atoms with Crippen LogP contribution in [0.2, 0.25) is 5.02 Å². The van der Waals surface area contributed by atoms with Crippen LogP contribution in [0, 0.1) is 0 Å². The zero-order valence-corrected chi connectivity index (χ0v) is 11.8. The lowest BCUT2D eigenvalue weighted by atomic mass is 10.1. The van der Waals surface area contributed by atoms with Crippen LogP contribution < -0.4 is 10.5 Å². The first kappa shape index (κ1) is 13.8. The second kappa shape index (κ2) is 6.04. The Kier molecular flexibility index (Phi) is 4.39. The maximum atomic E-state index is 6.16. The minimum Gasteiger partial charge on any atom is -0.484 e. The van der Waals surface area contributed by atoms with Crippen molar-refractivity contribution in [3.05, 3.63) is 40.9 Å². The first-order valence-electron chi connectivity index (χ1n) is 6.16. The second-order valence-electron chi connectivity index (χ2n) is 4.26. The first-order valence-corrected chi connectivity index (χ1v) is 6.54. The molecule has 0 saturated carbocycles. The van der Waals surface area contributed by atoms with Gasteiger partial charge in [0.25, 0.3) is 0 Å². The lowest BCUT2D eigenvalue weighted by Crippen LogP contribution is -2.08. The van der Waals surface area contributed by atoms with Gasteiger partial charge in [0.05, 0.1) is 5.02 Å². The average molecular weight is 281 g/mol. The highest BCUT2D eigenvalue weighted by Crippen LogP contribution is 2.27. The summed E-state index contributed by atoms with van der Waals surface area (Å²) in [6.07, 6.45) is 1.52. The van der Waals surface area contributed by atoms with Crippen molar-refractivity contribution in [3.63, 3.8) is 0 Å². The van der Waals surface area contributed by atoms with Crippen LogP contribution in [-0.4, -0.2) is 14.8 Å². The Morgan fingerprint density at radius 3 is 2.89 bits per heavy atom. The SMILES string of the molecule is CCn1ncnc1COc1ccc([C@@H](C)N)cc1Cl. The van der Waals surface area contributed by atoms with Crippen LogP contribution in [0.1, 0.15) is 31.3 Å². The Labute approximate surface area is 117 Å². The molecule has 0 bridgehead atoms. The molecule has 19 heavy (non-hydrogen) atoms. The van der Waals surface area contributed by atoms with E-state index in [4.69, 9.17) is 22.1 Å². The first-order chi connectivity index (χ1) is 9.11. The number of rotatable bonds is 5. The third-order valence-corrected chi connectivity index (χ3v) is 3.13. The van der Waals surface area contributed by atoms with E-state index < -0.39 is 0 Å². The van der Waals surface area contributed by atoms with Crippen molar-refractivity contribution >= 4 is 11.6 Å². The molecule has 1 heterocycles. The molecule has 0 fully saturated rings. The Hall–Kier alpha value is -1.59. The van der Waals surface area contributed by atoms with Crippen LogP contribution in [0.15, 0.2) is 24.5 Å². The van der Waals surface area contributed by atoms with Crippen LogP contribution in [0.4, 0.5) is 0 Å². The molecule has 2 aromatic rings. The zero-order valence-electron chi connectivity index (χ0n) is 11.0. The van der Waals surface area contributed by atoms with Gasteiger partial charge in [-0.25, -0.2) is 9.67 Å². The zero-order chi connectivity index (χ0) is 13.8. The van der Waals surface area contributed by atoms with Crippen LogP contribution >= 0.6 is 11.6 Å². The monoisotopic (exact) mass is 280 g/mol. The molecule has 2 rings (SSSR count). The fourth-order valence-electron chi connectivity index (χ4n) is 1.72. The van der Waals surface area contributed by atoms with Crippen molar-refractivity contribution in [2.24, 2.45) is 5.73 Å². The summed E-state index contributed by atoms with van der Waals surface area (Å²) in [5, 5.41) is 4.64. The molecule has 1 aromatic heterocycles. The van der Waals surface area contributed by atoms with Crippen molar-refractivity contribution in [2.75, 3.05) is 0 Å². The van der Waals surface area contributed by atoms with Gasteiger partial charge in [0.1, 0.15) is 18.7 Å². The molecular formula is C13H17ClN4O. The van der Waals surface area contributed by atoms with Gasteiger partial charge in [0, 0.05) is 12.6 Å². The Bertz CT molecular complexity index is 553. The van der Waals surface area contributed by atoms with E-state index in [-0.39, 0.29) is 6.04 Å². The van der Waals surface area contributed by atoms with E-state index in [2.05, 4.69) is 10.1 Å². The minimum absolute atomic E-state index is 0.0465. The van der Waals surface area contributed by atoms with Crippen molar-refractivity contribution in [1.29, 1.82) is 0 Å².